The topological polar surface area (TPSA) is 38.1 Å². The Kier molecular flexibility index (Phi) is 3.88. The summed E-state index contributed by atoms with van der Waals surface area (Å²) in [6.07, 6.45) is 0.569. The third kappa shape index (κ3) is 2.35. The SMILES string of the molecule is Cc1ccc(-c2nc(CCO)c(Br)n2C)c(C)c1. The van der Waals surface area contributed by atoms with Crippen molar-refractivity contribution in [2.75, 3.05) is 6.61 Å². The molecule has 0 aliphatic heterocycles. The maximum atomic E-state index is 9.04. The molecule has 0 saturated heterocycles. The molecule has 0 bridgehead atoms. The van der Waals surface area contributed by atoms with Crippen molar-refractivity contribution >= 4 is 15.9 Å². The average molecular weight is 309 g/mol. The van der Waals surface area contributed by atoms with Crippen molar-refractivity contribution in [2.45, 2.75) is 20.3 Å². The van der Waals surface area contributed by atoms with Gasteiger partial charge in [-0.05, 0) is 35.3 Å². The van der Waals surface area contributed by atoms with E-state index in [4.69, 9.17) is 5.11 Å². The fourth-order valence-corrected chi connectivity index (χ4v) is 2.56. The molecule has 1 aromatic heterocycles. The van der Waals surface area contributed by atoms with Gasteiger partial charge >= 0.3 is 0 Å². The van der Waals surface area contributed by atoms with Crippen molar-refractivity contribution in [1.29, 1.82) is 0 Å². The summed E-state index contributed by atoms with van der Waals surface area (Å²) in [5.41, 5.74) is 4.49. The summed E-state index contributed by atoms with van der Waals surface area (Å²) < 4.78 is 2.95. The van der Waals surface area contributed by atoms with E-state index in [0.29, 0.717) is 6.42 Å². The molecule has 0 fully saturated rings. The third-order valence-corrected chi connectivity index (χ3v) is 4.05. The second-order valence-corrected chi connectivity index (χ2v) is 5.28. The lowest BCUT2D eigenvalue weighted by molar-refractivity contribution is 0.298. The van der Waals surface area contributed by atoms with Crippen LogP contribution >= 0.6 is 15.9 Å². The van der Waals surface area contributed by atoms with Crippen molar-refractivity contribution < 1.29 is 5.11 Å². The molecular weight excluding hydrogens is 292 g/mol. The molecule has 1 heterocycles. The number of aromatic nitrogens is 2. The molecule has 0 radical (unpaired) electrons. The molecule has 0 spiro atoms. The van der Waals surface area contributed by atoms with Crippen LogP contribution in [0.25, 0.3) is 11.4 Å². The molecule has 18 heavy (non-hydrogen) atoms. The van der Waals surface area contributed by atoms with Gasteiger partial charge in [0, 0.05) is 25.6 Å². The van der Waals surface area contributed by atoms with Crippen molar-refractivity contribution in [3.63, 3.8) is 0 Å². The minimum absolute atomic E-state index is 0.113. The Morgan fingerprint density at radius 1 is 1.33 bits per heavy atom. The lowest BCUT2D eigenvalue weighted by Crippen LogP contribution is -1.95. The third-order valence-electron chi connectivity index (χ3n) is 3.06. The highest BCUT2D eigenvalue weighted by Gasteiger charge is 2.14. The molecule has 0 amide bonds. The normalized spacial score (nSPS) is 10.9. The van der Waals surface area contributed by atoms with E-state index in [2.05, 4.69) is 53.0 Å². The largest absolute Gasteiger partial charge is 0.396 e. The van der Waals surface area contributed by atoms with Crippen molar-refractivity contribution in [3.05, 3.63) is 39.6 Å². The monoisotopic (exact) mass is 308 g/mol. The Morgan fingerprint density at radius 3 is 2.67 bits per heavy atom. The molecule has 0 saturated carbocycles. The zero-order chi connectivity index (χ0) is 13.3. The molecule has 0 unspecified atom stereocenters. The second kappa shape index (κ2) is 5.24. The number of nitrogens with zero attached hydrogens (tertiary/aromatic N) is 2. The first-order valence-corrected chi connectivity index (χ1v) is 6.73. The summed E-state index contributed by atoms with van der Waals surface area (Å²) in [7, 11) is 1.98. The number of hydrogen-bond acceptors (Lipinski definition) is 2. The van der Waals surface area contributed by atoms with E-state index in [1.54, 1.807) is 0 Å². The molecule has 1 aromatic carbocycles. The van der Waals surface area contributed by atoms with Crippen molar-refractivity contribution in [3.8, 4) is 11.4 Å². The quantitative estimate of drug-likeness (QED) is 0.946. The average Bonchev–Trinajstić information content (AvgIpc) is 2.58. The van der Waals surface area contributed by atoms with E-state index in [1.807, 2.05) is 11.6 Å². The first kappa shape index (κ1) is 13.3. The molecule has 0 aliphatic carbocycles. The fourth-order valence-electron chi connectivity index (χ4n) is 2.11. The van der Waals surface area contributed by atoms with Gasteiger partial charge in [-0.3, -0.25) is 0 Å². The summed E-state index contributed by atoms with van der Waals surface area (Å²) in [6, 6.07) is 6.35. The first-order valence-electron chi connectivity index (χ1n) is 5.94. The van der Waals surface area contributed by atoms with E-state index >= 15 is 0 Å². The van der Waals surface area contributed by atoms with Crippen LogP contribution in [0.3, 0.4) is 0 Å². The van der Waals surface area contributed by atoms with Gasteiger partial charge in [0.25, 0.3) is 0 Å². The van der Waals surface area contributed by atoms with Gasteiger partial charge in [-0.2, -0.15) is 0 Å². The molecule has 4 heteroatoms. The molecule has 3 nitrogen and oxygen atoms in total. The van der Waals surface area contributed by atoms with Gasteiger partial charge in [-0.15, -0.1) is 0 Å². The minimum atomic E-state index is 0.113. The van der Waals surface area contributed by atoms with Gasteiger partial charge < -0.3 is 9.67 Å². The summed E-state index contributed by atoms with van der Waals surface area (Å²) >= 11 is 3.53. The predicted octanol–water partition coefficient (Wildman–Crippen LogP) is 3.00. The van der Waals surface area contributed by atoms with E-state index in [1.165, 1.54) is 11.1 Å². The van der Waals surface area contributed by atoms with Crippen LogP contribution in [-0.2, 0) is 13.5 Å². The van der Waals surface area contributed by atoms with Crippen molar-refractivity contribution in [2.24, 2.45) is 7.05 Å². The molecule has 1 N–H and O–H groups in total. The zero-order valence-corrected chi connectivity index (χ0v) is 12.5. The van der Waals surface area contributed by atoms with E-state index in [-0.39, 0.29) is 6.61 Å². The molecule has 2 aromatic rings. The summed E-state index contributed by atoms with van der Waals surface area (Å²) in [5, 5.41) is 9.04. The van der Waals surface area contributed by atoms with Crippen LogP contribution < -0.4 is 0 Å². The Labute approximate surface area is 116 Å². The molecule has 96 valence electrons. The Morgan fingerprint density at radius 2 is 2.06 bits per heavy atom. The van der Waals surface area contributed by atoms with Crippen LogP contribution in [-0.4, -0.2) is 21.3 Å². The summed E-state index contributed by atoms with van der Waals surface area (Å²) in [6.45, 7) is 4.29. The van der Waals surface area contributed by atoms with E-state index < -0.39 is 0 Å². The Balaban J connectivity index is 2.53. The van der Waals surface area contributed by atoms with Gasteiger partial charge in [0.1, 0.15) is 10.4 Å². The van der Waals surface area contributed by atoms with Gasteiger partial charge in [-0.25, -0.2) is 4.98 Å². The lowest BCUT2D eigenvalue weighted by atomic mass is 10.1. The number of halogens is 1. The lowest BCUT2D eigenvalue weighted by Gasteiger charge is -2.07. The van der Waals surface area contributed by atoms with Crippen LogP contribution in [0.1, 0.15) is 16.8 Å². The Hall–Kier alpha value is -1.13. The van der Waals surface area contributed by atoms with Crippen LogP contribution in [0.2, 0.25) is 0 Å². The summed E-state index contributed by atoms with van der Waals surface area (Å²) in [5.74, 6) is 0.933. The van der Waals surface area contributed by atoms with Crippen LogP contribution in [0.4, 0.5) is 0 Å². The molecule has 2 rings (SSSR count). The highest BCUT2D eigenvalue weighted by Crippen LogP contribution is 2.28. The standard InChI is InChI=1S/C14H17BrN2O/c1-9-4-5-11(10(2)8-9)14-16-12(6-7-18)13(15)17(14)3/h4-5,8,18H,6-7H2,1-3H3. The van der Waals surface area contributed by atoms with Gasteiger partial charge in [0.2, 0.25) is 0 Å². The van der Waals surface area contributed by atoms with Crippen LogP contribution in [0, 0.1) is 13.8 Å². The number of aliphatic hydroxyl groups excluding tert-OH is 1. The highest BCUT2D eigenvalue weighted by atomic mass is 79.9. The second-order valence-electron chi connectivity index (χ2n) is 4.52. The number of aliphatic hydroxyl groups is 1. The smallest absolute Gasteiger partial charge is 0.141 e. The number of rotatable bonds is 3. The number of imidazole rings is 1. The summed E-state index contributed by atoms with van der Waals surface area (Å²) in [4.78, 5) is 4.62. The highest BCUT2D eigenvalue weighted by molar-refractivity contribution is 9.10. The molecular formula is C14H17BrN2O. The molecule has 0 aliphatic rings. The maximum absolute atomic E-state index is 9.04. The van der Waals surface area contributed by atoms with E-state index in [0.717, 1.165) is 21.7 Å². The first-order chi connectivity index (χ1) is 8.54. The number of hydrogen-bond donors (Lipinski definition) is 1. The van der Waals surface area contributed by atoms with Crippen LogP contribution in [0.15, 0.2) is 22.8 Å². The fraction of sp³-hybridized carbons (Fsp3) is 0.357. The van der Waals surface area contributed by atoms with E-state index in [9.17, 15) is 0 Å². The number of benzene rings is 1. The Bertz CT molecular complexity index is 575. The number of aryl methyl sites for hydroxylation is 2. The predicted molar refractivity (Wildman–Crippen MR) is 76.6 cm³/mol. The van der Waals surface area contributed by atoms with Gasteiger partial charge in [0.15, 0.2) is 0 Å². The van der Waals surface area contributed by atoms with Crippen molar-refractivity contribution in [1.82, 2.24) is 9.55 Å². The zero-order valence-electron chi connectivity index (χ0n) is 10.9. The molecule has 0 atom stereocenters. The van der Waals surface area contributed by atoms with Gasteiger partial charge in [0.05, 0.1) is 5.69 Å². The minimum Gasteiger partial charge on any atom is -0.396 e. The van der Waals surface area contributed by atoms with Crippen LogP contribution in [0.5, 0.6) is 0 Å². The maximum Gasteiger partial charge on any atom is 0.141 e. The van der Waals surface area contributed by atoms with Gasteiger partial charge in [-0.1, -0.05) is 23.8 Å².